The van der Waals surface area contributed by atoms with Crippen LogP contribution in [0, 0.1) is 0 Å². The number of hydrogen-bond donors (Lipinski definition) is 2. The minimum absolute atomic E-state index is 0.0555. The van der Waals surface area contributed by atoms with Gasteiger partial charge in [0.1, 0.15) is 12.2 Å². The van der Waals surface area contributed by atoms with E-state index in [9.17, 15) is 4.79 Å². The minimum atomic E-state index is -0.174. The molecule has 1 unspecified atom stereocenters. The van der Waals surface area contributed by atoms with Gasteiger partial charge in [0.25, 0.3) is 0 Å². The molecule has 0 bridgehead atoms. The maximum Gasteiger partial charge on any atom is 0.225 e. The number of aromatic amines is 1. The SMILES string of the molecule is CC(NC(=O)Cc1ccncc1)c1ncn[nH]1. The molecule has 2 N–H and O–H groups in total. The Hall–Kier alpha value is -2.24. The van der Waals surface area contributed by atoms with E-state index in [1.807, 2.05) is 19.1 Å². The number of carbonyl (C=O) groups excluding carboxylic acids is 1. The lowest BCUT2D eigenvalue weighted by Gasteiger charge is -2.10. The van der Waals surface area contributed by atoms with E-state index >= 15 is 0 Å². The van der Waals surface area contributed by atoms with E-state index in [4.69, 9.17) is 0 Å². The van der Waals surface area contributed by atoms with E-state index in [1.54, 1.807) is 12.4 Å². The third-order valence-corrected chi connectivity index (χ3v) is 2.34. The van der Waals surface area contributed by atoms with Gasteiger partial charge < -0.3 is 5.32 Å². The molecule has 2 aromatic heterocycles. The zero-order valence-electron chi connectivity index (χ0n) is 9.42. The predicted molar refractivity (Wildman–Crippen MR) is 60.9 cm³/mol. The van der Waals surface area contributed by atoms with Gasteiger partial charge in [0.2, 0.25) is 5.91 Å². The molecule has 17 heavy (non-hydrogen) atoms. The van der Waals surface area contributed by atoms with Crippen LogP contribution in [0.3, 0.4) is 0 Å². The van der Waals surface area contributed by atoms with Gasteiger partial charge >= 0.3 is 0 Å². The van der Waals surface area contributed by atoms with Crippen LogP contribution in [-0.4, -0.2) is 26.1 Å². The molecule has 1 amide bonds. The number of nitrogens with one attached hydrogen (secondary N) is 2. The summed E-state index contributed by atoms with van der Waals surface area (Å²) in [4.78, 5) is 19.6. The Morgan fingerprint density at radius 1 is 1.47 bits per heavy atom. The summed E-state index contributed by atoms with van der Waals surface area (Å²) >= 11 is 0. The Kier molecular flexibility index (Phi) is 3.44. The third-order valence-electron chi connectivity index (χ3n) is 2.34. The summed E-state index contributed by atoms with van der Waals surface area (Å²) in [5.41, 5.74) is 0.933. The highest BCUT2D eigenvalue weighted by atomic mass is 16.1. The second-order valence-corrected chi connectivity index (χ2v) is 3.69. The van der Waals surface area contributed by atoms with Gasteiger partial charge in [-0.1, -0.05) is 0 Å². The zero-order chi connectivity index (χ0) is 12.1. The van der Waals surface area contributed by atoms with Gasteiger partial charge in [-0.2, -0.15) is 5.10 Å². The van der Waals surface area contributed by atoms with Crippen molar-refractivity contribution < 1.29 is 4.79 Å². The van der Waals surface area contributed by atoms with Crippen LogP contribution in [0.1, 0.15) is 24.4 Å². The summed E-state index contributed by atoms with van der Waals surface area (Å²) < 4.78 is 0. The standard InChI is InChI=1S/C11H13N5O/c1-8(11-13-7-14-16-11)15-10(17)6-9-2-4-12-5-3-9/h2-5,7-8H,6H2,1H3,(H,15,17)(H,13,14,16). The third kappa shape index (κ3) is 3.10. The van der Waals surface area contributed by atoms with E-state index < -0.39 is 0 Å². The van der Waals surface area contributed by atoms with E-state index in [0.29, 0.717) is 12.2 Å². The normalized spacial score (nSPS) is 12.1. The van der Waals surface area contributed by atoms with Gasteiger partial charge in [-0.05, 0) is 24.6 Å². The lowest BCUT2D eigenvalue weighted by molar-refractivity contribution is -0.121. The Labute approximate surface area is 98.5 Å². The molecule has 6 nitrogen and oxygen atoms in total. The number of nitrogens with zero attached hydrogens (tertiary/aromatic N) is 3. The number of rotatable bonds is 4. The van der Waals surface area contributed by atoms with Crippen LogP contribution in [-0.2, 0) is 11.2 Å². The first kappa shape index (κ1) is 11.3. The fourth-order valence-electron chi connectivity index (χ4n) is 1.47. The number of pyridine rings is 1. The van der Waals surface area contributed by atoms with Gasteiger partial charge in [0, 0.05) is 12.4 Å². The average molecular weight is 231 g/mol. The van der Waals surface area contributed by atoms with E-state index in [1.165, 1.54) is 6.33 Å². The molecule has 88 valence electrons. The topological polar surface area (TPSA) is 83.6 Å². The summed E-state index contributed by atoms with van der Waals surface area (Å²) in [7, 11) is 0. The van der Waals surface area contributed by atoms with Crippen LogP contribution in [0.4, 0.5) is 0 Å². The molecule has 0 aliphatic carbocycles. The Morgan fingerprint density at radius 3 is 2.88 bits per heavy atom. The fourth-order valence-corrected chi connectivity index (χ4v) is 1.47. The summed E-state index contributed by atoms with van der Waals surface area (Å²) in [6, 6.07) is 3.46. The molecule has 0 aromatic carbocycles. The van der Waals surface area contributed by atoms with Crippen molar-refractivity contribution in [2.24, 2.45) is 0 Å². The van der Waals surface area contributed by atoms with Gasteiger partial charge in [-0.15, -0.1) is 0 Å². The van der Waals surface area contributed by atoms with Gasteiger partial charge in [-0.3, -0.25) is 14.9 Å². The first-order chi connectivity index (χ1) is 8.25. The number of aromatic nitrogens is 4. The minimum Gasteiger partial charge on any atom is -0.346 e. The Morgan fingerprint density at radius 2 is 2.24 bits per heavy atom. The first-order valence-corrected chi connectivity index (χ1v) is 5.29. The predicted octanol–water partition coefficient (Wildman–Crippen LogP) is 0.620. The average Bonchev–Trinajstić information content (AvgIpc) is 2.83. The van der Waals surface area contributed by atoms with Crippen LogP contribution in [0.2, 0.25) is 0 Å². The van der Waals surface area contributed by atoms with Crippen LogP contribution >= 0.6 is 0 Å². The molecule has 2 rings (SSSR count). The number of carbonyl (C=O) groups is 1. The molecule has 6 heteroatoms. The van der Waals surface area contributed by atoms with E-state index in [-0.39, 0.29) is 11.9 Å². The molecule has 0 spiro atoms. The van der Waals surface area contributed by atoms with Crippen LogP contribution in [0.15, 0.2) is 30.9 Å². The molecule has 1 atom stereocenters. The first-order valence-electron chi connectivity index (χ1n) is 5.29. The fraction of sp³-hybridized carbons (Fsp3) is 0.273. The van der Waals surface area contributed by atoms with Crippen molar-refractivity contribution in [3.63, 3.8) is 0 Å². The molecule has 0 radical (unpaired) electrons. The maximum atomic E-state index is 11.7. The second-order valence-electron chi connectivity index (χ2n) is 3.69. The van der Waals surface area contributed by atoms with Crippen molar-refractivity contribution >= 4 is 5.91 Å². The molecular formula is C11H13N5O. The highest BCUT2D eigenvalue weighted by Crippen LogP contribution is 2.05. The maximum absolute atomic E-state index is 11.7. The zero-order valence-corrected chi connectivity index (χ0v) is 9.42. The highest BCUT2D eigenvalue weighted by molar-refractivity contribution is 5.78. The molecule has 2 heterocycles. The van der Waals surface area contributed by atoms with Crippen molar-refractivity contribution in [1.29, 1.82) is 0 Å². The molecule has 0 aliphatic rings. The molecule has 0 aliphatic heterocycles. The summed E-state index contributed by atoms with van der Waals surface area (Å²) in [6.07, 6.45) is 5.09. The number of hydrogen-bond acceptors (Lipinski definition) is 4. The monoisotopic (exact) mass is 231 g/mol. The lowest BCUT2D eigenvalue weighted by atomic mass is 10.2. The highest BCUT2D eigenvalue weighted by Gasteiger charge is 2.11. The van der Waals surface area contributed by atoms with Crippen LogP contribution < -0.4 is 5.32 Å². The van der Waals surface area contributed by atoms with E-state index in [0.717, 1.165) is 5.56 Å². The van der Waals surface area contributed by atoms with Crippen molar-refractivity contribution in [1.82, 2.24) is 25.5 Å². The largest absolute Gasteiger partial charge is 0.346 e. The van der Waals surface area contributed by atoms with Crippen molar-refractivity contribution in [3.8, 4) is 0 Å². The lowest BCUT2D eigenvalue weighted by Crippen LogP contribution is -2.28. The van der Waals surface area contributed by atoms with Crippen LogP contribution in [0.5, 0.6) is 0 Å². The van der Waals surface area contributed by atoms with Gasteiger partial charge in [0.05, 0.1) is 12.5 Å². The molecule has 0 fully saturated rings. The van der Waals surface area contributed by atoms with Gasteiger partial charge in [-0.25, -0.2) is 4.98 Å². The summed E-state index contributed by atoms with van der Waals surface area (Å²) in [6.45, 7) is 1.85. The van der Waals surface area contributed by atoms with Crippen molar-refractivity contribution in [3.05, 3.63) is 42.2 Å². The second kappa shape index (κ2) is 5.20. The molecule has 0 saturated heterocycles. The molecule has 0 saturated carbocycles. The van der Waals surface area contributed by atoms with Crippen molar-refractivity contribution in [2.45, 2.75) is 19.4 Å². The number of amides is 1. The summed E-state index contributed by atoms with van der Waals surface area (Å²) in [5, 5.41) is 9.30. The summed E-state index contributed by atoms with van der Waals surface area (Å²) in [5.74, 6) is 0.591. The Bertz CT molecular complexity index is 468. The quantitative estimate of drug-likeness (QED) is 0.808. The van der Waals surface area contributed by atoms with Crippen LogP contribution in [0.25, 0.3) is 0 Å². The molecular weight excluding hydrogens is 218 g/mol. The van der Waals surface area contributed by atoms with Crippen molar-refractivity contribution in [2.75, 3.05) is 0 Å². The number of H-pyrrole nitrogens is 1. The Balaban J connectivity index is 1.90. The molecule has 2 aromatic rings. The van der Waals surface area contributed by atoms with Gasteiger partial charge in [0.15, 0.2) is 0 Å². The van der Waals surface area contributed by atoms with E-state index in [2.05, 4.69) is 25.5 Å². The smallest absolute Gasteiger partial charge is 0.225 e.